The van der Waals surface area contributed by atoms with E-state index in [2.05, 4.69) is 25.9 Å². The van der Waals surface area contributed by atoms with Gasteiger partial charge in [-0.3, -0.25) is 0 Å². The van der Waals surface area contributed by atoms with Gasteiger partial charge in [0.15, 0.2) is 0 Å². The van der Waals surface area contributed by atoms with Crippen molar-refractivity contribution in [2.45, 2.75) is 11.2 Å². The first-order valence-electron chi connectivity index (χ1n) is 4.74. The van der Waals surface area contributed by atoms with Crippen molar-refractivity contribution < 1.29 is 0 Å². The van der Waals surface area contributed by atoms with E-state index >= 15 is 0 Å². The Hall–Kier alpha value is -0.510. The highest BCUT2D eigenvalue weighted by molar-refractivity contribution is 9.09. The van der Waals surface area contributed by atoms with E-state index in [0.717, 1.165) is 17.8 Å². The van der Waals surface area contributed by atoms with Crippen LogP contribution in [0, 0.1) is 0 Å². The fourth-order valence-electron chi connectivity index (χ4n) is 1.45. The van der Waals surface area contributed by atoms with Gasteiger partial charge in [-0.2, -0.15) is 0 Å². The van der Waals surface area contributed by atoms with Gasteiger partial charge in [0, 0.05) is 23.6 Å². The second-order valence-corrected chi connectivity index (χ2v) is 5.24. The van der Waals surface area contributed by atoms with Gasteiger partial charge in [-0.15, -0.1) is 0 Å². The number of hydrogen-bond donors (Lipinski definition) is 1. The van der Waals surface area contributed by atoms with Crippen molar-refractivity contribution in [1.82, 2.24) is 9.97 Å². The number of rotatable bonds is 3. The molecule has 16 heavy (non-hydrogen) atoms. The lowest BCUT2D eigenvalue weighted by atomic mass is 10.1. The predicted octanol–water partition coefficient (Wildman–Crippen LogP) is 4.40. The molecular weight excluding hydrogens is 311 g/mol. The number of benzene rings is 1. The molecule has 2 aromatic rings. The lowest BCUT2D eigenvalue weighted by Crippen LogP contribution is -1.98. The SMILES string of the molecule is Clc1cccc(C(Br)Cc2ncc[nH]2)c1Cl. The largest absolute Gasteiger partial charge is 0.349 e. The van der Waals surface area contributed by atoms with Crippen LogP contribution in [0.4, 0.5) is 0 Å². The highest BCUT2D eigenvalue weighted by Gasteiger charge is 2.14. The van der Waals surface area contributed by atoms with Gasteiger partial charge in [0.05, 0.1) is 10.0 Å². The lowest BCUT2D eigenvalue weighted by Gasteiger charge is -2.11. The third-order valence-electron chi connectivity index (χ3n) is 2.25. The molecule has 1 heterocycles. The molecule has 84 valence electrons. The quantitative estimate of drug-likeness (QED) is 0.835. The van der Waals surface area contributed by atoms with Crippen LogP contribution < -0.4 is 0 Å². The highest BCUT2D eigenvalue weighted by atomic mass is 79.9. The third-order valence-corrected chi connectivity index (χ3v) is 3.90. The third kappa shape index (κ3) is 2.59. The molecule has 0 bridgehead atoms. The molecule has 0 fully saturated rings. The van der Waals surface area contributed by atoms with E-state index in [0.29, 0.717) is 10.0 Å². The van der Waals surface area contributed by atoms with Gasteiger partial charge in [0.1, 0.15) is 5.82 Å². The number of halogens is 3. The Balaban J connectivity index is 2.21. The van der Waals surface area contributed by atoms with Crippen LogP contribution in [0.3, 0.4) is 0 Å². The molecule has 1 atom stereocenters. The van der Waals surface area contributed by atoms with Crippen LogP contribution in [-0.4, -0.2) is 9.97 Å². The van der Waals surface area contributed by atoms with E-state index in [1.165, 1.54) is 0 Å². The average Bonchev–Trinajstić information content (AvgIpc) is 2.74. The molecular formula is C11H9BrCl2N2. The first-order valence-corrected chi connectivity index (χ1v) is 6.42. The standard InChI is InChI=1S/C11H9BrCl2N2/c12-8(6-10-15-4-5-16-10)7-2-1-3-9(13)11(7)14/h1-5,8H,6H2,(H,15,16). The lowest BCUT2D eigenvalue weighted by molar-refractivity contribution is 0.876. The Kier molecular flexibility index (Phi) is 3.90. The Labute approximate surface area is 112 Å². The fourth-order valence-corrected chi connectivity index (χ4v) is 2.71. The molecule has 2 rings (SSSR count). The van der Waals surface area contributed by atoms with Crippen LogP contribution in [0.1, 0.15) is 16.2 Å². The number of aromatic amines is 1. The zero-order valence-electron chi connectivity index (χ0n) is 8.25. The van der Waals surface area contributed by atoms with Gasteiger partial charge in [-0.05, 0) is 11.6 Å². The molecule has 1 unspecified atom stereocenters. The monoisotopic (exact) mass is 318 g/mol. The second kappa shape index (κ2) is 5.21. The van der Waals surface area contributed by atoms with Gasteiger partial charge in [0.2, 0.25) is 0 Å². The molecule has 0 radical (unpaired) electrons. The summed E-state index contributed by atoms with van der Waals surface area (Å²) in [6.45, 7) is 0. The van der Waals surface area contributed by atoms with E-state index in [9.17, 15) is 0 Å². The molecule has 0 aliphatic heterocycles. The minimum Gasteiger partial charge on any atom is -0.349 e. The zero-order chi connectivity index (χ0) is 11.5. The van der Waals surface area contributed by atoms with E-state index in [4.69, 9.17) is 23.2 Å². The van der Waals surface area contributed by atoms with Crippen molar-refractivity contribution in [2.75, 3.05) is 0 Å². The number of nitrogens with zero attached hydrogens (tertiary/aromatic N) is 1. The number of imidazole rings is 1. The average molecular weight is 320 g/mol. The topological polar surface area (TPSA) is 28.7 Å². The Bertz CT molecular complexity index is 471. The molecule has 0 saturated heterocycles. The van der Waals surface area contributed by atoms with Crippen LogP contribution in [0.25, 0.3) is 0 Å². The molecule has 0 aliphatic carbocycles. The summed E-state index contributed by atoms with van der Waals surface area (Å²) in [6.07, 6.45) is 4.27. The van der Waals surface area contributed by atoms with Crippen molar-refractivity contribution in [2.24, 2.45) is 0 Å². The van der Waals surface area contributed by atoms with E-state index in [1.54, 1.807) is 18.5 Å². The second-order valence-electron chi connectivity index (χ2n) is 3.35. The molecule has 1 aromatic heterocycles. The van der Waals surface area contributed by atoms with Gasteiger partial charge in [0.25, 0.3) is 0 Å². The number of alkyl halides is 1. The Morgan fingerprint density at radius 1 is 1.38 bits per heavy atom. The number of aromatic nitrogens is 2. The number of nitrogens with one attached hydrogen (secondary N) is 1. The summed E-state index contributed by atoms with van der Waals surface area (Å²) in [5, 5.41) is 1.17. The van der Waals surface area contributed by atoms with Crippen LogP contribution in [0.15, 0.2) is 30.6 Å². The van der Waals surface area contributed by atoms with E-state index in [-0.39, 0.29) is 4.83 Å². The van der Waals surface area contributed by atoms with Crippen molar-refractivity contribution in [3.05, 3.63) is 52.0 Å². The smallest absolute Gasteiger partial charge is 0.107 e. The summed E-state index contributed by atoms with van der Waals surface area (Å²) in [6, 6.07) is 5.62. The summed E-state index contributed by atoms with van der Waals surface area (Å²) in [4.78, 5) is 7.33. The van der Waals surface area contributed by atoms with Gasteiger partial charge >= 0.3 is 0 Å². The summed E-state index contributed by atoms with van der Waals surface area (Å²) in [7, 11) is 0. The first-order chi connectivity index (χ1) is 7.68. The molecule has 0 saturated carbocycles. The van der Waals surface area contributed by atoms with Crippen molar-refractivity contribution in [3.63, 3.8) is 0 Å². The van der Waals surface area contributed by atoms with E-state index in [1.807, 2.05) is 12.1 Å². The van der Waals surface area contributed by atoms with Crippen molar-refractivity contribution in [3.8, 4) is 0 Å². The zero-order valence-corrected chi connectivity index (χ0v) is 11.4. The summed E-state index contributed by atoms with van der Waals surface area (Å²) >= 11 is 15.7. The molecule has 0 aliphatic rings. The van der Waals surface area contributed by atoms with Crippen molar-refractivity contribution >= 4 is 39.1 Å². The Morgan fingerprint density at radius 3 is 2.88 bits per heavy atom. The predicted molar refractivity (Wildman–Crippen MR) is 70.4 cm³/mol. The molecule has 1 aromatic carbocycles. The van der Waals surface area contributed by atoms with Gasteiger partial charge in [-0.1, -0.05) is 51.3 Å². The number of H-pyrrole nitrogens is 1. The number of hydrogen-bond acceptors (Lipinski definition) is 1. The fraction of sp³-hybridized carbons (Fsp3) is 0.182. The maximum absolute atomic E-state index is 6.14. The maximum Gasteiger partial charge on any atom is 0.107 e. The molecule has 2 nitrogen and oxygen atoms in total. The van der Waals surface area contributed by atoms with Crippen LogP contribution in [-0.2, 0) is 6.42 Å². The van der Waals surface area contributed by atoms with E-state index < -0.39 is 0 Å². The molecule has 5 heteroatoms. The van der Waals surface area contributed by atoms with Crippen molar-refractivity contribution in [1.29, 1.82) is 0 Å². The van der Waals surface area contributed by atoms with Crippen LogP contribution >= 0.6 is 39.1 Å². The Morgan fingerprint density at radius 2 is 2.19 bits per heavy atom. The first kappa shape index (κ1) is 12.0. The normalized spacial score (nSPS) is 12.7. The summed E-state index contributed by atoms with van der Waals surface area (Å²) < 4.78 is 0. The minimum absolute atomic E-state index is 0.102. The van der Waals surface area contributed by atoms with Gasteiger partial charge in [-0.25, -0.2) is 4.98 Å². The summed E-state index contributed by atoms with van der Waals surface area (Å²) in [5.74, 6) is 0.915. The maximum atomic E-state index is 6.14. The van der Waals surface area contributed by atoms with Crippen LogP contribution in [0.5, 0.6) is 0 Å². The minimum atomic E-state index is 0.102. The molecule has 0 spiro atoms. The highest BCUT2D eigenvalue weighted by Crippen LogP contribution is 2.35. The van der Waals surface area contributed by atoms with Crippen LogP contribution in [0.2, 0.25) is 10.0 Å². The van der Waals surface area contributed by atoms with Gasteiger partial charge < -0.3 is 4.98 Å². The summed E-state index contributed by atoms with van der Waals surface area (Å²) in [5.41, 5.74) is 0.977. The molecule has 0 amide bonds. The molecule has 1 N–H and O–H groups in total.